The highest BCUT2D eigenvalue weighted by atomic mass is 35.5. The maximum absolute atomic E-state index is 12.9. The first kappa shape index (κ1) is 24.2. The van der Waals surface area contributed by atoms with Crippen molar-refractivity contribution in [2.24, 2.45) is 0 Å². The number of likely N-dealkylation sites (N-methyl/N-ethyl adjacent to an activating group) is 1. The molecule has 8 nitrogen and oxygen atoms in total. The smallest absolute Gasteiger partial charge is 0.326 e. The van der Waals surface area contributed by atoms with Gasteiger partial charge in [0.1, 0.15) is 18.5 Å². The summed E-state index contributed by atoms with van der Waals surface area (Å²) < 4.78 is 7.14. The molecule has 1 amide bonds. The highest BCUT2D eigenvalue weighted by Crippen LogP contribution is 2.22. The van der Waals surface area contributed by atoms with Gasteiger partial charge in [-0.25, -0.2) is 0 Å². The average Bonchev–Trinajstić information content (AvgIpc) is 3.10. The summed E-state index contributed by atoms with van der Waals surface area (Å²) in [5, 5.41) is 9.20. The number of nitrogens with zero attached hydrogens (tertiary/aromatic N) is 5. The number of aromatic nitrogens is 3. The quantitative estimate of drug-likeness (QED) is 0.426. The van der Waals surface area contributed by atoms with E-state index in [-0.39, 0.29) is 18.2 Å². The van der Waals surface area contributed by atoms with Gasteiger partial charge < -0.3 is 14.5 Å². The SMILES string of the molecule is CN(C)CCN(CC(=O)OC(C)(C)C)C(=O)CSc1nncn1-c1cccc(Cl)c1. The first-order valence-electron chi connectivity index (χ1n) is 9.48. The van der Waals surface area contributed by atoms with E-state index in [0.717, 1.165) is 5.69 Å². The van der Waals surface area contributed by atoms with Gasteiger partial charge in [-0.05, 0) is 53.1 Å². The molecule has 0 saturated heterocycles. The van der Waals surface area contributed by atoms with Gasteiger partial charge in [0, 0.05) is 18.1 Å². The van der Waals surface area contributed by atoms with Crippen molar-refractivity contribution in [1.82, 2.24) is 24.6 Å². The normalized spacial score (nSPS) is 11.6. The summed E-state index contributed by atoms with van der Waals surface area (Å²) in [6, 6.07) is 7.29. The Morgan fingerprint density at radius 2 is 1.97 bits per heavy atom. The molecule has 0 atom stereocenters. The molecular weight excluding hydrogens is 426 g/mol. The molecule has 0 aliphatic heterocycles. The van der Waals surface area contributed by atoms with Gasteiger partial charge in [-0.1, -0.05) is 29.4 Å². The molecule has 1 heterocycles. The second-order valence-electron chi connectivity index (χ2n) is 7.96. The van der Waals surface area contributed by atoms with Gasteiger partial charge >= 0.3 is 5.97 Å². The van der Waals surface area contributed by atoms with Crippen molar-refractivity contribution >= 4 is 35.2 Å². The van der Waals surface area contributed by atoms with Crippen LogP contribution in [0.1, 0.15) is 20.8 Å². The fourth-order valence-corrected chi connectivity index (χ4v) is 3.50. The van der Waals surface area contributed by atoms with Gasteiger partial charge in [-0.3, -0.25) is 14.2 Å². The standard InChI is InChI=1S/C20H28ClN5O3S/c1-20(2,3)29-18(28)12-25(10-9-24(4)5)17(27)13-30-19-23-22-14-26(19)16-8-6-7-15(21)11-16/h6-8,11,14H,9-10,12-13H2,1-5H3. The molecule has 30 heavy (non-hydrogen) atoms. The molecule has 0 radical (unpaired) electrons. The third kappa shape index (κ3) is 7.97. The molecule has 0 aliphatic carbocycles. The molecule has 0 saturated carbocycles. The molecule has 0 fully saturated rings. The van der Waals surface area contributed by atoms with E-state index in [9.17, 15) is 9.59 Å². The van der Waals surface area contributed by atoms with Crippen molar-refractivity contribution in [3.8, 4) is 5.69 Å². The second-order valence-corrected chi connectivity index (χ2v) is 9.34. The van der Waals surface area contributed by atoms with E-state index in [1.807, 2.05) is 31.1 Å². The molecule has 10 heteroatoms. The van der Waals surface area contributed by atoms with E-state index in [1.165, 1.54) is 16.7 Å². The van der Waals surface area contributed by atoms with Crippen LogP contribution in [0.3, 0.4) is 0 Å². The Hall–Kier alpha value is -2.10. The third-order valence-corrected chi connectivity index (χ3v) is 5.00. The van der Waals surface area contributed by atoms with Crippen LogP contribution in [-0.2, 0) is 14.3 Å². The summed E-state index contributed by atoms with van der Waals surface area (Å²) in [5.41, 5.74) is 0.204. The van der Waals surface area contributed by atoms with Crippen molar-refractivity contribution in [3.05, 3.63) is 35.6 Å². The molecule has 0 bridgehead atoms. The summed E-state index contributed by atoms with van der Waals surface area (Å²) in [6.45, 7) is 6.37. The molecular formula is C20H28ClN5O3S. The molecule has 2 rings (SSSR count). The highest BCUT2D eigenvalue weighted by Gasteiger charge is 2.23. The van der Waals surface area contributed by atoms with Crippen LogP contribution in [0.2, 0.25) is 5.02 Å². The van der Waals surface area contributed by atoms with E-state index in [1.54, 1.807) is 43.8 Å². The van der Waals surface area contributed by atoms with Crippen molar-refractivity contribution in [2.45, 2.75) is 31.5 Å². The fraction of sp³-hybridized carbons (Fsp3) is 0.500. The van der Waals surface area contributed by atoms with Crippen LogP contribution < -0.4 is 0 Å². The molecule has 0 aliphatic rings. The maximum Gasteiger partial charge on any atom is 0.326 e. The number of ether oxygens (including phenoxy) is 1. The number of thioether (sulfide) groups is 1. The Morgan fingerprint density at radius 3 is 2.60 bits per heavy atom. The van der Waals surface area contributed by atoms with Crippen molar-refractivity contribution < 1.29 is 14.3 Å². The van der Waals surface area contributed by atoms with Crippen LogP contribution in [0.15, 0.2) is 35.7 Å². The van der Waals surface area contributed by atoms with Gasteiger partial charge in [0.15, 0.2) is 5.16 Å². The minimum absolute atomic E-state index is 0.0918. The van der Waals surface area contributed by atoms with Crippen LogP contribution in [0, 0.1) is 0 Å². The Bertz CT molecular complexity index is 866. The molecule has 1 aromatic heterocycles. The van der Waals surface area contributed by atoms with Gasteiger partial charge in [-0.15, -0.1) is 10.2 Å². The number of carbonyl (C=O) groups is 2. The molecule has 0 unspecified atom stereocenters. The Morgan fingerprint density at radius 1 is 1.23 bits per heavy atom. The predicted octanol–water partition coefficient (Wildman–Crippen LogP) is 2.74. The zero-order valence-electron chi connectivity index (χ0n) is 18.0. The Balaban J connectivity index is 2.05. The molecule has 164 valence electrons. The summed E-state index contributed by atoms with van der Waals surface area (Å²) in [5.74, 6) is -0.481. The summed E-state index contributed by atoms with van der Waals surface area (Å²) in [6.07, 6.45) is 1.57. The lowest BCUT2D eigenvalue weighted by Gasteiger charge is -2.26. The number of halogens is 1. The second kappa shape index (κ2) is 10.8. The van der Waals surface area contributed by atoms with Gasteiger partial charge in [0.25, 0.3) is 0 Å². The van der Waals surface area contributed by atoms with Crippen LogP contribution >= 0.6 is 23.4 Å². The molecule has 1 aromatic carbocycles. The molecule has 0 N–H and O–H groups in total. The van der Waals surface area contributed by atoms with Crippen LogP contribution in [0.4, 0.5) is 0 Å². The zero-order valence-corrected chi connectivity index (χ0v) is 19.5. The van der Waals surface area contributed by atoms with E-state index in [0.29, 0.717) is 23.3 Å². The predicted molar refractivity (Wildman–Crippen MR) is 118 cm³/mol. The molecule has 2 aromatic rings. The largest absolute Gasteiger partial charge is 0.459 e. The Kier molecular flexibility index (Phi) is 8.69. The summed E-state index contributed by atoms with van der Waals surface area (Å²) in [7, 11) is 3.83. The first-order valence-corrected chi connectivity index (χ1v) is 10.8. The lowest BCUT2D eigenvalue weighted by atomic mass is 10.2. The number of amides is 1. The van der Waals surface area contributed by atoms with Crippen molar-refractivity contribution in [2.75, 3.05) is 39.5 Å². The zero-order chi connectivity index (χ0) is 22.3. The van der Waals surface area contributed by atoms with Gasteiger partial charge in [0.2, 0.25) is 5.91 Å². The Labute approximate surface area is 186 Å². The van der Waals surface area contributed by atoms with Gasteiger partial charge in [0.05, 0.1) is 11.4 Å². The maximum atomic E-state index is 12.9. The number of hydrogen-bond donors (Lipinski definition) is 0. The minimum atomic E-state index is -0.602. The van der Waals surface area contributed by atoms with E-state index < -0.39 is 11.6 Å². The van der Waals surface area contributed by atoms with Crippen molar-refractivity contribution in [1.29, 1.82) is 0 Å². The van der Waals surface area contributed by atoms with Gasteiger partial charge in [-0.2, -0.15) is 0 Å². The first-order chi connectivity index (χ1) is 14.0. The summed E-state index contributed by atoms with van der Waals surface area (Å²) >= 11 is 7.32. The lowest BCUT2D eigenvalue weighted by molar-refractivity contribution is -0.158. The van der Waals surface area contributed by atoms with Crippen LogP contribution in [-0.4, -0.2) is 81.5 Å². The van der Waals surface area contributed by atoms with E-state index in [4.69, 9.17) is 16.3 Å². The topological polar surface area (TPSA) is 80.6 Å². The van der Waals surface area contributed by atoms with E-state index >= 15 is 0 Å². The summed E-state index contributed by atoms with van der Waals surface area (Å²) in [4.78, 5) is 28.6. The average molecular weight is 454 g/mol. The minimum Gasteiger partial charge on any atom is -0.459 e. The molecule has 0 spiro atoms. The van der Waals surface area contributed by atoms with Crippen LogP contribution in [0.25, 0.3) is 5.69 Å². The van der Waals surface area contributed by atoms with Crippen LogP contribution in [0.5, 0.6) is 0 Å². The van der Waals surface area contributed by atoms with Crippen molar-refractivity contribution in [3.63, 3.8) is 0 Å². The number of benzene rings is 1. The number of carbonyl (C=O) groups excluding carboxylic acids is 2. The lowest BCUT2D eigenvalue weighted by Crippen LogP contribution is -2.42. The third-order valence-electron chi connectivity index (χ3n) is 3.84. The number of esters is 1. The number of hydrogen-bond acceptors (Lipinski definition) is 7. The monoisotopic (exact) mass is 453 g/mol. The fourth-order valence-electron chi connectivity index (χ4n) is 2.49. The highest BCUT2D eigenvalue weighted by molar-refractivity contribution is 7.99. The van der Waals surface area contributed by atoms with E-state index in [2.05, 4.69) is 10.2 Å². The number of rotatable bonds is 9.